The van der Waals surface area contributed by atoms with E-state index in [9.17, 15) is 57.0 Å². The van der Waals surface area contributed by atoms with Crippen LogP contribution in [0.25, 0.3) is 22.4 Å². The number of ether oxygens (including phenoxy) is 3. The zero-order chi connectivity index (χ0) is 56.2. The summed E-state index contributed by atoms with van der Waals surface area (Å²) in [5, 5.41) is 29.2. The lowest BCUT2D eigenvalue weighted by Crippen LogP contribution is -2.42. The molecule has 4 N–H and O–H groups in total. The summed E-state index contributed by atoms with van der Waals surface area (Å²) in [5.41, 5.74) is -2.27. The summed E-state index contributed by atoms with van der Waals surface area (Å²) in [6.07, 6.45) is 0. The zero-order valence-electron chi connectivity index (χ0n) is 41.1. The molecule has 21 nitrogen and oxygen atoms in total. The summed E-state index contributed by atoms with van der Waals surface area (Å²) >= 11 is 3.93. The molecular formula is C50H48F2I2N6O15. The topological polar surface area (TPSA) is 279 Å². The van der Waals surface area contributed by atoms with Crippen molar-refractivity contribution in [3.05, 3.63) is 178 Å². The number of nitrogens with zero attached hydrogens (tertiary/aromatic N) is 5. The number of carboxylic acid groups (broad SMARTS) is 2. The summed E-state index contributed by atoms with van der Waals surface area (Å²) in [6, 6.07) is 23.8. The predicted molar refractivity (Wildman–Crippen MR) is 288 cm³/mol. The molecule has 4 aromatic carbocycles. The second-order valence-electron chi connectivity index (χ2n) is 15.7. The van der Waals surface area contributed by atoms with Crippen molar-refractivity contribution in [2.45, 2.75) is 40.8 Å². The maximum Gasteiger partial charge on any atom is 0.337 e. The molecule has 0 bridgehead atoms. The number of fused-ring (bicyclic) bond motifs is 1. The van der Waals surface area contributed by atoms with Crippen molar-refractivity contribution in [1.29, 1.82) is 0 Å². The molecule has 0 unspecified atom stereocenters. The molecule has 0 aliphatic carbocycles. The number of carboxylic acids is 2. The van der Waals surface area contributed by atoms with E-state index in [-0.39, 0.29) is 46.9 Å². The molecule has 0 fully saturated rings. The Balaban J connectivity index is 0.000000258. The van der Waals surface area contributed by atoms with E-state index in [4.69, 9.17) is 19.7 Å². The summed E-state index contributed by atoms with van der Waals surface area (Å²) in [7, 11) is 6.02. The number of esters is 2. The smallest absolute Gasteiger partial charge is 0.337 e. The third-order valence-corrected chi connectivity index (χ3v) is 12.0. The fraction of sp³-hybridized carbons (Fsp3) is 0.220. The van der Waals surface area contributed by atoms with Gasteiger partial charge < -0.3 is 34.8 Å². The molecule has 0 aliphatic rings. The Morgan fingerprint density at radius 1 is 0.667 bits per heavy atom. The first-order valence-electron chi connectivity index (χ1n) is 21.7. The lowest BCUT2D eigenvalue weighted by atomic mass is 10.2. The van der Waals surface area contributed by atoms with Crippen LogP contribution in [0.3, 0.4) is 0 Å². The number of pyridine rings is 1. The lowest BCUT2D eigenvalue weighted by Gasteiger charge is -2.18. The molecule has 0 saturated heterocycles. The quantitative estimate of drug-likeness (QED) is 0.0717. The highest BCUT2D eigenvalue weighted by atomic mass is 127. The molecule has 0 aliphatic heterocycles. The van der Waals surface area contributed by atoms with Gasteiger partial charge in [-0.15, -0.1) is 0 Å². The minimum absolute atomic E-state index is 0.0496. The molecule has 396 valence electrons. The molecule has 25 heteroatoms. The van der Waals surface area contributed by atoms with E-state index >= 15 is 0 Å². The Labute approximate surface area is 451 Å². The highest BCUT2D eigenvalue weighted by molar-refractivity contribution is 14.1. The van der Waals surface area contributed by atoms with Gasteiger partial charge in [-0.1, -0.05) is 24.3 Å². The van der Waals surface area contributed by atoms with E-state index in [2.05, 4.69) is 10.1 Å². The number of aromatic hydroxyl groups is 1. The van der Waals surface area contributed by atoms with Crippen molar-refractivity contribution in [2.75, 3.05) is 26.6 Å². The van der Waals surface area contributed by atoms with Crippen LogP contribution >= 0.6 is 45.2 Å². The Morgan fingerprint density at radius 2 is 1.09 bits per heavy atom. The van der Waals surface area contributed by atoms with Gasteiger partial charge in [0.25, 0.3) is 16.7 Å². The monoisotopic (exact) mass is 1260 g/mol. The molecule has 75 heavy (non-hydrogen) atoms. The first kappa shape index (κ1) is 59.6. The third-order valence-electron chi connectivity index (χ3n) is 10.6. The number of aliphatic carboxylic acids is 2. The van der Waals surface area contributed by atoms with Crippen molar-refractivity contribution in [3.8, 4) is 28.6 Å². The van der Waals surface area contributed by atoms with E-state index < -0.39 is 75.2 Å². The number of halogens is 4. The van der Waals surface area contributed by atoms with Crippen LogP contribution in [0.5, 0.6) is 17.2 Å². The summed E-state index contributed by atoms with van der Waals surface area (Å²) in [6.45, 7) is 4.79. The Hall–Kier alpha value is -7.95. The number of carbonyl (C=O) groups excluding carboxylic acids is 2. The van der Waals surface area contributed by atoms with Crippen LogP contribution in [0.15, 0.2) is 115 Å². The predicted octanol–water partition coefficient (Wildman–Crippen LogP) is 5.39. The number of nitrogens with one attached hydrogen (secondary N) is 1. The second kappa shape index (κ2) is 26.3. The van der Waals surface area contributed by atoms with Crippen LogP contribution in [0.4, 0.5) is 14.6 Å². The van der Waals surface area contributed by atoms with Gasteiger partial charge in [0, 0.05) is 41.1 Å². The Morgan fingerprint density at radius 3 is 1.47 bits per heavy atom. The van der Waals surface area contributed by atoms with Crippen molar-refractivity contribution < 1.29 is 57.5 Å². The van der Waals surface area contributed by atoms with E-state index in [1.165, 1.54) is 65.3 Å². The molecule has 0 saturated carbocycles. The number of aromatic nitrogens is 5. The summed E-state index contributed by atoms with van der Waals surface area (Å²) < 4.78 is 50.2. The minimum atomic E-state index is -1.31. The molecular weight excluding hydrogens is 1220 g/mol. The molecule has 3 aromatic heterocycles. The number of methoxy groups -OCH3 is 2. The SMILES string of the molecule is CC(=O)OC(C)=O.CC(C(=O)O)C(=O)O.CNc1cc(=O)n(Cc2ccc(OC)cc2)c(=O)n1-c1ccc(I)cc1F.COc1ccc(Cn2c(=O)c3c(O)c(C)c(=O)n(C)c3n(-c3ccc(I)cc3F)c2=O)cc1. The number of hydrogen-bond donors (Lipinski definition) is 4. The number of anilines is 1. The van der Waals surface area contributed by atoms with Crippen molar-refractivity contribution in [3.63, 3.8) is 0 Å². The zero-order valence-corrected chi connectivity index (χ0v) is 45.5. The molecule has 3 heterocycles. The first-order chi connectivity index (χ1) is 35.3. The molecule has 0 spiro atoms. The van der Waals surface area contributed by atoms with Crippen LogP contribution in [0, 0.1) is 31.6 Å². The molecule has 0 amide bonds. The van der Waals surface area contributed by atoms with Gasteiger partial charge in [-0.3, -0.25) is 47.3 Å². The maximum atomic E-state index is 15.0. The van der Waals surface area contributed by atoms with Gasteiger partial charge in [-0.05, 0) is 131 Å². The van der Waals surface area contributed by atoms with Crippen LogP contribution in [-0.2, 0) is 44.1 Å². The van der Waals surface area contributed by atoms with E-state index in [0.717, 1.165) is 35.3 Å². The Bertz CT molecular complexity index is 3580. The van der Waals surface area contributed by atoms with Gasteiger partial charge in [0.05, 0.1) is 44.2 Å². The standard InChI is InChI=1S/C23H19FIN3O5.C19H17FIN3O3.C4H6O4.C4H6O3/c1-12-19(29)18-20(26(2)21(12)30)28(17-9-6-14(25)10-16(17)24)23(32)27(22(18)31)11-13-4-7-15(33-3)8-5-13;1-22-17-10-18(25)23(11-12-3-6-14(27-2)7-4-12)19(26)24(17)16-8-5-13(21)9-15(16)20;1-2(3(5)6)4(7)8;1-3(5)7-4(2)6/h4-10,29H,11H2,1-3H3;3-10,22H,11H2,1-2H3;2H,1H3,(H,5,6)(H,7,8);1-2H3. The highest BCUT2D eigenvalue weighted by Gasteiger charge is 2.25. The Kier molecular flexibility index (Phi) is 20.9. The van der Waals surface area contributed by atoms with Gasteiger partial charge in [-0.2, -0.15) is 0 Å². The van der Waals surface area contributed by atoms with E-state index in [0.29, 0.717) is 24.2 Å². The number of carbonyl (C=O) groups is 4. The fourth-order valence-corrected chi connectivity index (χ4v) is 7.67. The van der Waals surface area contributed by atoms with Crippen molar-refractivity contribution in [2.24, 2.45) is 13.0 Å². The number of hydrogen-bond acceptors (Lipinski definition) is 14. The molecule has 7 rings (SSSR count). The molecule has 0 radical (unpaired) electrons. The maximum absolute atomic E-state index is 15.0. The van der Waals surface area contributed by atoms with Crippen molar-refractivity contribution in [1.82, 2.24) is 22.8 Å². The molecule has 7 aromatic rings. The van der Waals surface area contributed by atoms with Gasteiger partial charge in [0.2, 0.25) is 0 Å². The van der Waals surface area contributed by atoms with E-state index in [1.54, 1.807) is 74.8 Å². The highest BCUT2D eigenvalue weighted by Crippen LogP contribution is 2.26. The minimum Gasteiger partial charge on any atom is -0.506 e. The normalized spacial score (nSPS) is 10.5. The number of rotatable bonds is 11. The average molecular weight is 1260 g/mol. The van der Waals surface area contributed by atoms with Crippen molar-refractivity contribution >= 4 is 85.9 Å². The van der Waals surface area contributed by atoms with Crippen LogP contribution < -0.4 is 42.8 Å². The van der Waals surface area contributed by atoms with Gasteiger partial charge in [0.1, 0.15) is 45.7 Å². The fourth-order valence-electron chi connectivity index (χ4n) is 6.76. The lowest BCUT2D eigenvalue weighted by molar-refractivity contribution is -0.157. The average Bonchev–Trinajstić information content (AvgIpc) is 3.35. The number of benzene rings is 4. The van der Waals surface area contributed by atoms with Crippen LogP contribution in [0.2, 0.25) is 0 Å². The summed E-state index contributed by atoms with van der Waals surface area (Å²) in [4.78, 5) is 104. The summed E-state index contributed by atoms with van der Waals surface area (Å²) in [5.74, 6) is -5.34. The number of aryl methyl sites for hydroxylation is 1. The van der Waals surface area contributed by atoms with Gasteiger partial charge in [0.15, 0.2) is 5.92 Å². The molecule has 0 atom stereocenters. The van der Waals surface area contributed by atoms with Crippen LogP contribution in [-0.4, -0.2) is 83.3 Å². The third kappa shape index (κ3) is 14.6. The van der Waals surface area contributed by atoms with Crippen LogP contribution in [0.1, 0.15) is 37.5 Å². The van der Waals surface area contributed by atoms with Gasteiger partial charge >= 0.3 is 35.3 Å². The first-order valence-corrected chi connectivity index (χ1v) is 23.9. The van der Waals surface area contributed by atoms with Gasteiger partial charge in [-0.25, -0.2) is 27.5 Å². The van der Waals surface area contributed by atoms with E-state index in [1.807, 2.05) is 45.2 Å². The largest absolute Gasteiger partial charge is 0.506 e. The second-order valence-corrected chi connectivity index (χ2v) is 18.2.